The van der Waals surface area contributed by atoms with Gasteiger partial charge in [0.1, 0.15) is 11.3 Å². The van der Waals surface area contributed by atoms with Crippen LogP contribution in [-0.2, 0) is 4.74 Å². The summed E-state index contributed by atoms with van der Waals surface area (Å²) in [6, 6.07) is 14.6. The molecule has 3 unspecified atom stereocenters. The molecule has 7 heteroatoms. The van der Waals surface area contributed by atoms with E-state index in [9.17, 15) is 4.79 Å². The van der Waals surface area contributed by atoms with Crippen molar-refractivity contribution in [2.75, 3.05) is 14.2 Å². The molecule has 5 rings (SSSR count). The van der Waals surface area contributed by atoms with Crippen molar-refractivity contribution in [2.45, 2.75) is 64.4 Å². The van der Waals surface area contributed by atoms with Crippen LogP contribution in [0, 0.1) is 18.8 Å². The van der Waals surface area contributed by atoms with E-state index in [1.54, 1.807) is 6.20 Å². The van der Waals surface area contributed by atoms with Crippen molar-refractivity contribution in [3.63, 3.8) is 0 Å². The van der Waals surface area contributed by atoms with E-state index < -0.39 is 0 Å². The zero-order valence-electron chi connectivity index (χ0n) is 23.4. The third-order valence-corrected chi connectivity index (χ3v) is 8.40. The van der Waals surface area contributed by atoms with Crippen molar-refractivity contribution in [3.8, 4) is 22.6 Å². The van der Waals surface area contributed by atoms with E-state index in [1.807, 2.05) is 30.1 Å². The fraction of sp³-hybridized carbons (Fsp3) is 0.438. The van der Waals surface area contributed by atoms with E-state index in [1.165, 1.54) is 39.2 Å². The Morgan fingerprint density at radius 1 is 1.18 bits per heavy atom. The Bertz CT molecular complexity index is 1360. The first-order chi connectivity index (χ1) is 18.9. The summed E-state index contributed by atoms with van der Waals surface area (Å²) >= 11 is 0. The number of allylic oxidation sites excluding steroid dienone is 1. The Hall–Kier alpha value is -3.74. The molecule has 0 amide bonds. The van der Waals surface area contributed by atoms with Gasteiger partial charge in [-0.25, -0.2) is 9.48 Å². The number of aromatic nitrogens is 2. The molecular formula is C32H40N4O3. The molecule has 2 aromatic carbocycles. The normalized spacial score (nSPS) is 20.4. The molecule has 0 bridgehead atoms. The first-order valence-electron chi connectivity index (χ1n) is 14.1. The fourth-order valence-electron chi connectivity index (χ4n) is 6.09. The molecule has 3 N–H and O–H groups in total. The Labute approximate surface area is 231 Å². The number of hydrogen-bond donors (Lipinski definition) is 2. The predicted molar refractivity (Wildman–Crippen MR) is 154 cm³/mol. The number of nitrogens with one attached hydrogen (secondary N) is 1. The van der Waals surface area contributed by atoms with Crippen LogP contribution in [0.15, 0.2) is 60.6 Å². The standard InChI is InChI=1S/C32H40N4O3/c1-20-25(14-9-15-30(20)39-21(2)22-10-6-5-7-11-22)23-12-8-13-24(16-23)36-31(28(18-35-36)32(37)38-4)27-17-26(27)29(33)19-34-3/h8-9,12-16,18-19,21-22,26-27,34H,5-7,10-11,17,33H2,1-4H3/b29-19-. The monoisotopic (exact) mass is 528 g/mol. The van der Waals surface area contributed by atoms with Crippen molar-refractivity contribution in [1.82, 2.24) is 15.1 Å². The van der Waals surface area contributed by atoms with Crippen molar-refractivity contribution in [3.05, 3.63) is 77.4 Å². The molecule has 7 nitrogen and oxygen atoms in total. The van der Waals surface area contributed by atoms with E-state index in [2.05, 4.69) is 54.6 Å². The molecule has 0 saturated heterocycles. The van der Waals surface area contributed by atoms with Crippen LogP contribution < -0.4 is 15.8 Å². The van der Waals surface area contributed by atoms with Crippen LogP contribution in [0.3, 0.4) is 0 Å². The van der Waals surface area contributed by atoms with E-state index in [0.717, 1.165) is 45.9 Å². The lowest BCUT2D eigenvalue weighted by molar-refractivity contribution is 0.0599. The van der Waals surface area contributed by atoms with Gasteiger partial charge in [-0.15, -0.1) is 0 Å². The number of nitrogens with two attached hydrogens (primary N) is 1. The van der Waals surface area contributed by atoms with Gasteiger partial charge >= 0.3 is 5.97 Å². The highest BCUT2D eigenvalue weighted by atomic mass is 16.5. The second-order valence-electron chi connectivity index (χ2n) is 10.9. The summed E-state index contributed by atoms with van der Waals surface area (Å²) < 4.78 is 13.5. The van der Waals surface area contributed by atoms with Gasteiger partial charge in [0.25, 0.3) is 0 Å². The van der Waals surface area contributed by atoms with E-state index in [0.29, 0.717) is 11.5 Å². The summed E-state index contributed by atoms with van der Waals surface area (Å²) in [7, 11) is 3.23. The van der Waals surface area contributed by atoms with Gasteiger partial charge in [-0.3, -0.25) is 0 Å². The molecule has 3 aromatic rings. The van der Waals surface area contributed by atoms with Crippen molar-refractivity contribution < 1.29 is 14.3 Å². The minimum atomic E-state index is -0.387. The van der Waals surface area contributed by atoms with Gasteiger partial charge in [0.2, 0.25) is 0 Å². The van der Waals surface area contributed by atoms with Crippen LogP contribution in [0.4, 0.5) is 0 Å². The highest BCUT2D eigenvalue weighted by Gasteiger charge is 2.45. The summed E-state index contributed by atoms with van der Waals surface area (Å²) in [5.74, 6) is 1.42. The summed E-state index contributed by atoms with van der Waals surface area (Å²) in [6.07, 6.45) is 10.9. The smallest absolute Gasteiger partial charge is 0.341 e. The lowest BCUT2D eigenvalue weighted by Gasteiger charge is -2.29. The SMILES string of the molecule is CN/C=C(\N)C1CC1c1c(C(=O)OC)cnn1-c1cccc(-c2cccc(OC(C)C3CCCCC3)c2C)c1. The number of nitrogens with zero attached hydrogens (tertiary/aromatic N) is 2. The number of hydrogen-bond acceptors (Lipinski definition) is 6. The van der Waals surface area contributed by atoms with Crippen LogP contribution in [0.2, 0.25) is 0 Å². The predicted octanol–water partition coefficient (Wildman–Crippen LogP) is 6.10. The second kappa shape index (κ2) is 11.6. The average molecular weight is 529 g/mol. The van der Waals surface area contributed by atoms with E-state index in [-0.39, 0.29) is 23.9 Å². The van der Waals surface area contributed by atoms with Gasteiger partial charge in [-0.2, -0.15) is 5.10 Å². The molecule has 39 heavy (non-hydrogen) atoms. The third kappa shape index (κ3) is 5.54. The Balaban J connectivity index is 1.46. The number of methoxy groups -OCH3 is 1. The zero-order chi connectivity index (χ0) is 27.5. The number of ether oxygens (including phenoxy) is 2. The Morgan fingerprint density at radius 2 is 1.95 bits per heavy atom. The maximum absolute atomic E-state index is 12.6. The summed E-state index contributed by atoms with van der Waals surface area (Å²) in [4.78, 5) is 12.6. The molecule has 2 aliphatic rings. The Morgan fingerprint density at radius 3 is 2.69 bits per heavy atom. The molecule has 206 valence electrons. The van der Waals surface area contributed by atoms with Crippen molar-refractivity contribution >= 4 is 5.97 Å². The number of carbonyl (C=O) groups excluding carboxylic acids is 1. The van der Waals surface area contributed by atoms with E-state index >= 15 is 0 Å². The van der Waals surface area contributed by atoms with Gasteiger partial charge in [0.15, 0.2) is 0 Å². The van der Waals surface area contributed by atoms with Gasteiger partial charge in [-0.1, -0.05) is 43.5 Å². The van der Waals surface area contributed by atoms with Gasteiger partial charge in [0, 0.05) is 30.8 Å². The molecule has 1 aromatic heterocycles. The maximum atomic E-state index is 12.6. The van der Waals surface area contributed by atoms with Crippen LogP contribution in [-0.4, -0.2) is 36.0 Å². The number of rotatable bonds is 9. The minimum Gasteiger partial charge on any atom is -0.490 e. The maximum Gasteiger partial charge on any atom is 0.341 e. The van der Waals surface area contributed by atoms with Gasteiger partial charge in [0.05, 0.1) is 30.8 Å². The largest absolute Gasteiger partial charge is 0.490 e. The molecule has 0 radical (unpaired) electrons. The Kier molecular flexibility index (Phi) is 7.96. The van der Waals surface area contributed by atoms with Crippen molar-refractivity contribution in [2.24, 2.45) is 17.6 Å². The van der Waals surface area contributed by atoms with Crippen LogP contribution in [0.1, 0.15) is 73.0 Å². The van der Waals surface area contributed by atoms with Crippen LogP contribution in [0.25, 0.3) is 16.8 Å². The number of esters is 1. The fourth-order valence-corrected chi connectivity index (χ4v) is 6.09. The highest BCUT2D eigenvalue weighted by Crippen LogP contribution is 2.52. The summed E-state index contributed by atoms with van der Waals surface area (Å²) in [5, 5.41) is 7.64. The number of carbonyl (C=O) groups is 1. The molecule has 2 aliphatic carbocycles. The first kappa shape index (κ1) is 26.9. The molecule has 1 heterocycles. The second-order valence-corrected chi connectivity index (χ2v) is 10.9. The van der Waals surface area contributed by atoms with Crippen LogP contribution >= 0.6 is 0 Å². The lowest BCUT2D eigenvalue weighted by atomic mass is 9.86. The molecular weight excluding hydrogens is 488 g/mol. The van der Waals surface area contributed by atoms with Gasteiger partial charge in [-0.05, 0) is 73.9 Å². The highest BCUT2D eigenvalue weighted by molar-refractivity contribution is 5.91. The zero-order valence-corrected chi connectivity index (χ0v) is 23.4. The molecule has 2 fully saturated rings. The third-order valence-electron chi connectivity index (χ3n) is 8.40. The summed E-state index contributed by atoms with van der Waals surface area (Å²) in [5.41, 5.74) is 12.6. The quantitative estimate of drug-likeness (QED) is 0.326. The molecule has 0 spiro atoms. The van der Waals surface area contributed by atoms with E-state index in [4.69, 9.17) is 15.2 Å². The first-order valence-corrected chi connectivity index (χ1v) is 14.1. The topological polar surface area (TPSA) is 91.4 Å². The van der Waals surface area contributed by atoms with Gasteiger partial charge < -0.3 is 20.5 Å². The molecule has 0 aliphatic heterocycles. The lowest BCUT2D eigenvalue weighted by Crippen LogP contribution is -2.26. The average Bonchev–Trinajstić information content (AvgIpc) is 3.64. The minimum absolute atomic E-state index is 0.0922. The molecule has 3 atom stereocenters. The van der Waals surface area contributed by atoms with Crippen molar-refractivity contribution in [1.29, 1.82) is 0 Å². The summed E-state index contributed by atoms with van der Waals surface area (Å²) in [6.45, 7) is 4.34. The molecule has 2 saturated carbocycles. The number of benzene rings is 2. The van der Waals surface area contributed by atoms with Crippen LogP contribution in [0.5, 0.6) is 5.75 Å².